The lowest BCUT2D eigenvalue weighted by Gasteiger charge is -2.17. The molecule has 2 aromatic heterocycles. The van der Waals surface area contributed by atoms with Crippen molar-refractivity contribution in [3.05, 3.63) is 84.9 Å². The third-order valence-electron chi connectivity index (χ3n) is 5.44. The van der Waals surface area contributed by atoms with E-state index in [1.807, 2.05) is 48.9 Å². The van der Waals surface area contributed by atoms with Crippen molar-refractivity contribution in [2.24, 2.45) is 10.7 Å². The summed E-state index contributed by atoms with van der Waals surface area (Å²) in [6.45, 7) is 0.432. The largest absolute Gasteiger partial charge is 0.490 e. The number of aliphatic imine (C=N–C) groups is 1. The van der Waals surface area contributed by atoms with E-state index in [4.69, 9.17) is 10.5 Å². The average molecular weight is 394 g/mol. The minimum absolute atomic E-state index is 0.0931. The van der Waals surface area contributed by atoms with Gasteiger partial charge in [-0.25, -0.2) is 0 Å². The monoisotopic (exact) mass is 394 g/mol. The number of rotatable bonds is 6. The molecular weight excluding hydrogens is 372 g/mol. The fraction of sp³-hybridized carbons (Fsp3) is 0.160. The van der Waals surface area contributed by atoms with Crippen LogP contribution >= 0.6 is 0 Å². The summed E-state index contributed by atoms with van der Waals surface area (Å²) in [5.74, 6) is 0.967. The second-order valence-corrected chi connectivity index (χ2v) is 7.60. The van der Waals surface area contributed by atoms with Crippen LogP contribution in [-0.4, -0.2) is 28.8 Å². The number of aromatic nitrogens is 2. The minimum atomic E-state index is -0.0931. The van der Waals surface area contributed by atoms with E-state index in [9.17, 15) is 0 Å². The molecule has 0 bridgehead atoms. The first-order valence-corrected chi connectivity index (χ1v) is 10.1. The highest BCUT2D eigenvalue weighted by atomic mass is 16.5. The Morgan fingerprint density at radius 1 is 0.900 bits per heavy atom. The summed E-state index contributed by atoms with van der Waals surface area (Å²) in [5.41, 5.74) is 10.7. The maximum Gasteiger partial charge on any atom is 0.138 e. The molecule has 1 aliphatic heterocycles. The van der Waals surface area contributed by atoms with E-state index in [0.29, 0.717) is 6.61 Å². The molecule has 0 unspecified atom stereocenters. The number of nitrogens with two attached hydrogens (primary N) is 1. The van der Waals surface area contributed by atoms with Gasteiger partial charge in [-0.15, -0.1) is 0 Å². The molecule has 0 radical (unpaired) electrons. The van der Waals surface area contributed by atoms with Gasteiger partial charge in [0.05, 0.1) is 11.9 Å². The third-order valence-corrected chi connectivity index (χ3v) is 5.44. The van der Waals surface area contributed by atoms with Crippen molar-refractivity contribution in [2.45, 2.75) is 18.4 Å². The van der Waals surface area contributed by atoms with Gasteiger partial charge in [0.15, 0.2) is 0 Å². The van der Waals surface area contributed by atoms with E-state index in [1.54, 1.807) is 12.4 Å². The van der Waals surface area contributed by atoms with Gasteiger partial charge in [-0.1, -0.05) is 30.3 Å². The standard InChI is InChI=1S/C25H22N4O/c26-22(10-21-14-29-25-4-2-1-3-24(21)25)16-30-23-11-20(13-28-15-23)17-5-6-19-12-27-8-7-18(19)9-17/h1-9,11-15,21-22H,10,16,26H2/t21-,22+/m1/s1. The Kier molecular flexibility index (Phi) is 4.95. The quantitative estimate of drug-likeness (QED) is 0.505. The Balaban J connectivity index is 1.25. The van der Waals surface area contributed by atoms with Gasteiger partial charge >= 0.3 is 0 Å². The van der Waals surface area contributed by atoms with Gasteiger partial charge in [-0.3, -0.25) is 15.0 Å². The number of hydrogen-bond donors (Lipinski definition) is 1. The molecule has 3 heterocycles. The molecule has 4 aromatic rings. The highest BCUT2D eigenvalue weighted by molar-refractivity contribution is 5.86. The lowest BCUT2D eigenvalue weighted by atomic mass is 9.94. The van der Waals surface area contributed by atoms with E-state index in [2.05, 4.69) is 39.2 Å². The molecule has 2 atom stereocenters. The lowest BCUT2D eigenvalue weighted by Crippen LogP contribution is -2.29. The number of hydrogen-bond acceptors (Lipinski definition) is 5. The molecule has 0 amide bonds. The SMILES string of the molecule is N[C@H](COc1cncc(-c2ccc3cnccc3c2)c1)C[C@@H]1C=Nc2ccccc21. The molecule has 2 aromatic carbocycles. The van der Waals surface area contributed by atoms with E-state index in [1.165, 1.54) is 5.56 Å². The van der Waals surface area contributed by atoms with E-state index < -0.39 is 0 Å². The first kappa shape index (κ1) is 18.5. The summed E-state index contributed by atoms with van der Waals surface area (Å²) in [6.07, 6.45) is 10.0. The van der Waals surface area contributed by atoms with Crippen molar-refractivity contribution in [3.63, 3.8) is 0 Å². The van der Waals surface area contributed by atoms with Crippen LogP contribution in [0, 0.1) is 0 Å². The molecule has 0 spiro atoms. The van der Waals surface area contributed by atoms with Crippen LogP contribution < -0.4 is 10.5 Å². The first-order chi connectivity index (χ1) is 14.8. The number of pyridine rings is 2. The van der Waals surface area contributed by atoms with E-state index >= 15 is 0 Å². The third kappa shape index (κ3) is 3.80. The molecule has 148 valence electrons. The van der Waals surface area contributed by atoms with Gasteiger partial charge in [-0.2, -0.15) is 0 Å². The minimum Gasteiger partial charge on any atom is -0.490 e. The van der Waals surface area contributed by atoms with Crippen LogP contribution in [0.5, 0.6) is 5.75 Å². The molecule has 0 saturated carbocycles. The fourth-order valence-corrected chi connectivity index (χ4v) is 3.87. The van der Waals surface area contributed by atoms with Crippen molar-refractivity contribution >= 4 is 22.7 Å². The Labute approximate surface area is 175 Å². The van der Waals surface area contributed by atoms with E-state index in [-0.39, 0.29) is 12.0 Å². The zero-order valence-corrected chi connectivity index (χ0v) is 16.5. The maximum absolute atomic E-state index is 6.36. The van der Waals surface area contributed by atoms with Crippen molar-refractivity contribution in [1.82, 2.24) is 9.97 Å². The average Bonchev–Trinajstić information content (AvgIpc) is 3.20. The summed E-state index contributed by atoms with van der Waals surface area (Å²) in [6, 6.07) is 18.4. The number of para-hydroxylation sites is 1. The molecule has 30 heavy (non-hydrogen) atoms. The van der Waals surface area contributed by atoms with Gasteiger partial charge in [0.2, 0.25) is 0 Å². The summed E-state index contributed by atoms with van der Waals surface area (Å²) in [5, 5.41) is 2.26. The van der Waals surface area contributed by atoms with Gasteiger partial charge < -0.3 is 10.5 Å². The molecule has 2 N–H and O–H groups in total. The number of benzene rings is 2. The van der Waals surface area contributed by atoms with Crippen molar-refractivity contribution in [3.8, 4) is 16.9 Å². The van der Waals surface area contributed by atoms with Crippen LogP contribution in [-0.2, 0) is 0 Å². The fourth-order valence-electron chi connectivity index (χ4n) is 3.87. The zero-order chi connectivity index (χ0) is 20.3. The maximum atomic E-state index is 6.36. The molecule has 0 fully saturated rings. The molecule has 1 aliphatic rings. The Morgan fingerprint density at radius 2 is 1.83 bits per heavy atom. The summed E-state index contributed by atoms with van der Waals surface area (Å²) in [7, 11) is 0. The number of fused-ring (bicyclic) bond motifs is 2. The predicted octanol–water partition coefficient (Wildman–Crippen LogP) is 4.89. The molecule has 5 nitrogen and oxygen atoms in total. The Hall–Kier alpha value is -3.57. The Bertz CT molecular complexity index is 1220. The normalized spacial score (nSPS) is 15.8. The van der Waals surface area contributed by atoms with Crippen LogP contribution in [0.25, 0.3) is 21.9 Å². The molecule has 5 heteroatoms. The van der Waals surface area contributed by atoms with Crippen LogP contribution in [0.2, 0.25) is 0 Å². The van der Waals surface area contributed by atoms with Crippen molar-refractivity contribution in [2.75, 3.05) is 6.61 Å². The van der Waals surface area contributed by atoms with Gasteiger partial charge in [-0.05, 0) is 47.2 Å². The first-order valence-electron chi connectivity index (χ1n) is 10.1. The van der Waals surface area contributed by atoms with Gasteiger partial charge in [0.25, 0.3) is 0 Å². The molecule has 0 aliphatic carbocycles. The van der Waals surface area contributed by atoms with E-state index in [0.717, 1.165) is 39.8 Å². The van der Waals surface area contributed by atoms with Crippen LogP contribution in [0.1, 0.15) is 17.9 Å². The molecule has 0 saturated heterocycles. The highest BCUT2D eigenvalue weighted by Crippen LogP contribution is 2.34. The molecular formula is C25H22N4O. The second-order valence-electron chi connectivity index (χ2n) is 7.60. The summed E-state index contributed by atoms with van der Waals surface area (Å²) >= 11 is 0. The highest BCUT2D eigenvalue weighted by Gasteiger charge is 2.21. The van der Waals surface area contributed by atoms with Crippen molar-refractivity contribution < 1.29 is 4.74 Å². The van der Waals surface area contributed by atoms with Gasteiger partial charge in [0.1, 0.15) is 12.4 Å². The second kappa shape index (κ2) is 8.05. The number of ether oxygens (including phenoxy) is 1. The summed E-state index contributed by atoms with van der Waals surface area (Å²) in [4.78, 5) is 13.0. The zero-order valence-electron chi connectivity index (χ0n) is 16.5. The van der Waals surface area contributed by atoms with Crippen LogP contribution in [0.4, 0.5) is 5.69 Å². The topological polar surface area (TPSA) is 73.4 Å². The van der Waals surface area contributed by atoms with Crippen molar-refractivity contribution in [1.29, 1.82) is 0 Å². The summed E-state index contributed by atoms with van der Waals surface area (Å²) < 4.78 is 5.97. The smallest absolute Gasteiger partial charge is 0.138 e. The van der Waals surface area contributed by atoms with Crippen LogP contribution in [0.15, 0.2) is 84.4 Å². The Morgan fingerprint density at radius 3 is 2.80 bits per heavy atom. The molecule has 5 rings (SSSR count). The number of nitrogens with zero attached hydrogens (tertiary/aromatic N) is 3. The predicted molar refractivity (Wildman–Crippen MR) is 120 cm³/mol. The van der Waals surface area contributed by atoms with Crippen LogP contribution in [0.3, 0.4) is 0 Å². The lowest BCUT2D eigenvalue weighted by molar-refractivity contribution is 0.280. The van der Waals surface area contributed by atoms with Gasteiger partial charge in [0, 0.05) is 47.7 Å².